The molecule has 1 aromatic heterocycles. The Morgan fingerprint density at radius 2 is 1.54 bits per heavy atom. The van der Waals surface area contributed by atoms with Crippen molar-refractivity contribution >= 4 is 11.6 Å². The summed E-state index contributed by atoms with van der Waals surface area (Å²) in [4.78, 5) is 19.5. The third-order valence-corrected chi connectivity index (χ3v) is 6.23. The van der Waals surface area contributed by atoms with E-state index in [1.165, 1.54) is 12.1 Å². The number of halogens is 1. The Kier molecular flexibility index (Phi) is 5.91. The lowest BCUT2D eigenvalue weighted by molar-refractivity contribution is 0.203. The van der Waals surface area contributed by atoms with Gasteiger partial charge >= 0.3 is 6.03 Å². The molecular formula is C28H25FN4O2. The maximum atomic E-state index is 13.4. The van der Waals surface area contributed by atoms with E-state index in [9.17, 15) is 9.18 Å². The lowest BCUT2D eigenvalue weighted by Crippen LogP contribution is -2.45. The topological polar surface area (TPSA) is 71.3 Å². The van der Waals surface area contributed by atoms with E-state index in [2.05, 4.69) is 10.5 Å². The number of urea groups is 1. The SMILES string of the molecule is CC1=C(c2nc(-c3ccc(C)cc3)no2)C(c2ccc(C)cc2)NC(=O)N1Cc1ccc(F)cc1. The molecule has 35 heavy (non-hydrogen) atoms. The zero-order valence-corrected chi connectivity index (χ0v) is 19.7. The van der Waals surface area contributed by atoms with Crippen LogP contribution in [0.1, 0.15) is 41.1 Å². The highest BCUT2D eigenvalue weighted by Gasteiger charge is 2.35. The summed E-state index contributed by atoms with van der Waals surface area (Å²) in [5, 5.41) is 7.31. The van der Waals surface area contributed by atoms with Gasteiger partial charge in [-0.2, -0.15) is 4.98 Å². The number of hydrogen-bond donors (Lipinski definition) is 1. The van der Waals surface area contributed by atoms with Crippen molar-refractivity contribution in [1.82, 2.24) is 20.4 Å². The predicted octanol–water partition coefficient (Wildman–Crippen LogP) is 6.19. The smallest absolute Gasteiger partial charge is 0.322 e. The molecule has 4 aromatic rings. The second kappa shape index (κ2) is 9.18. The number of nitrogens with one attached hydrogen (secondary N) is 1. The highest BCUT2D eigenvalue weighted by molar-refractivity contribution is 5.86. The molecule has 0 saturated heterocycles. The minimum absolute atomic E-state index is 0.251. The minimum Gasteiger partial charge on any atom is -0.334 e. The number of carbonyl (C=O) groups excluding carboxylic acids is 1. The van der Waals surface area contributed by atoms with Gasteiger partial charge in [0.05, 0.1) is 18.2 Å². The average Bonchev–Trinajstić information content (AvgIpc) is 3.33. The van der Waals surface area contributed by atoms with Crippen LogP contribution in [0, 0.1) is 19.7 Å². The van der Waals surface area contributed by atoms with Gasteiger partial charge in [-0.15, -0.1) is 0 Å². The van der Waals surface area contributed by atoms with Crippen molar-refractivity contribution in [2.45, 2.75) is 33.4 Å². The zero-order valence-electron chi connectivity index (χ0n) is 19.7. The minimum atomic E-state index is -0.459. The molecule has 0 fully saturated rings. The molecule has 7 heteroatoms. The monoisotopic (exact) mass is 468 g/mol. The number of benzene rings is 3. The Morgan fingerprint density at radius 3 is 2.20 bits per heavy atom. The highest BCUT2D eigenvalue weighted by Crippen LogP contribution is 2.38. The van der Waals surface area contributed by atoms with Crippen LogP contribution in [0.15, 0.2) is 83.0 Å². The van der Waals surface area contributed by atoms with Crippen LogP contribution >= 0.6 is 0 Å². The molecule has 0 spiro atoms. The first-order valence-corrected chi connectivity index (χ1v) is 11.4. The van der Waals surface area contributed by atoms with Gasteiger partial charge in [0, 0.05) is 11.3 Å². The molecule has 176 valence electrons. The standard InChI is InChI=1S/C28H25FN4O2/c1-17-4-10-21(11-5-17)25-24(27-31-26(32-35-27)22-12-6-18(2)7-13-22)19(3)33(28(34)30-25)16-20-8-14-23(29)15-9-20/h4-15,25H,16H2,1-3H3,(H,30,34). The summed E-state index contributed by atoms with van der Waals surface area (Å²) in [5.41, 5.74) is 6.25. The third kappa shape index (κ3) is 4.57. The summed E-state index contributed by atoms with van der Waals surface area (Å²) in [5.74, 6) is 0.497. The van der Waals surface area contributed by atoms with E-state index in [4.69, 9.17) is 9.51 Å². The summed E-state index contributed by atoms with van der Waals surface area (Å²) in [6, 6.07) is 21.3. The van der Waals surface area contributed by atoms with Gasteiger partial charge in [-0.25, -0.2) is 9.18 Å². The molecule has 1 atom stereocenters. The first kappa shape index (κ1) is 22.5. The molecule has 0 saturated carbocycles. The summed E-state index contributed by atoms with van der Waals surface area (Å²) < 4.78 is 19.1. The van der Waals surface area contributed by atoms with Crippen LogP contribution in [0.5, 0.6) is 0 Å². The number of nitrogens with zero attached hydrogens (tertiary/aromatic N) is 3. The lowest BCUT2D eigenvalue weighted by atomic mass is 9.94. The second-order valence-electron chi connectivity index (χ2n) is 8.79. The Morgan fingerprint density at radius 1 is 0.914 bits per heavy atom. The van der Waals surface area contributed by atoms with Crippen LogP contribution in [0.2, 0.25) is 0 Å². The number of amides is 2. The van der Waals surface area contributed by atoms with Crippen LogP contribution in [0.3, 0.4) is 0 Å². The van der Waals surface area contributed by atoms with Gasteiger partial charge in [-0.3, -0.25) is 4.90 Å². The second-order valence-corrected chi connectivity index (χ2v) is 8.79. The first-order chi connectivity index (χ1) is 16.9. The summed E-state index contributed by atoms with van der Waals surface area (Å²) in [7, 11) is 0. The van der Waals surface area contributed by atoms with Crippen LogP contribution in [-0.2, 0) is 6.54 Å². The van der Waals surface area contributed by atoms with Gasteiger partial charge in [-0.05, 0) is 44.0 Å². The summed E-state index contributed by atoms with van der Waals surface area (Å²) >= 11 is 0. The van der Waals surface area contributed by atoms with Gasteiger partial charge in [0.1, 0.15) is 5.82 Å². The van der Waals surface area contributed by atoms with Crippen LogP contribution < -0.4 is 5.32 Å². The molecule has 5 rings (SSSR count). The van der Waals surface area contributed by atoms with E-state index in [1.54, 1.807) is 17.0 Å². The predicted molar refractivity (Wildman–Crippen MR) is 131 cm³/mol. The Labute approximate surface area is 203 Å². The maximum absolute atomic E-state index is 13.4. The van der Waals surface area contributed by atoms with Gasteiger partial charge in [-0.1, -0.05) is 76.9 Å². The van der Waals surface area contributed by atoms with E-state index in [0.717, 1.165) is 33.4 Å². The van der Waals surface area contributed by atoms with Crippen LogP contribution in [-0.4, -0.2) is 21.1 Å². The number of aromatic nitrogens is 2. The zero-order chi connectivity index (χ0) is 24.5. The average molecular weight is 469 g/mol. The Hall–Kier alpha value is -4.26. The van der Waals surface area contributed by atoms with Crippen molar-refractivity contribution in [2.75, 3.05) is 0 Å². The highest BCUT2D eigenvalue weighted by atomic mass is 19.1. The van der Waals surface area contributed by atoms with E-state index in [-0.39, 0.29) is 18.4 Å². The van der Waals surface area contributed by atoms with E-state index < -0.39 is 6.04 Å². The van der Waals surface area contributed by atoms with E-state index in [1.807, 2.05) is 69.3 Å². The Balaban J connectivity index is 1.58. The molecule has 0 bridgehead atoms. The molecule has 1 N–H and O–H groups in total. The quantitative estimate of drug-likeness (QED) is 0.379. The number of aryl methyl sites for hydroxylation is 2. The van der Waals surface area contributed by atoms with Crippen molar-refractivity contribution < 1.29 is 13.7 Å². The van der Waals surface area contributed by atoms with Gasteiger partial charge < -0.3 is 9.84 Å². The number of hydrogen-bond acceptors (Lipinski definition) is 4. The van der Waals surface area contributed by atoms with Crippen LogP contribution in [0.4, 0.5) is 9.18 Å². The van der Waals surface area contributed by atoms with Crippen molar-refractivity contribution in [3.8, 4) is 11.4 Å². The third-order valence-electron chi connectivity index (χ3n) is 6.23. The molecule has 2 heterocycles. The molecule has 6 nitrogen and oxygen atoms in total. The summed E-state index contributed by atoms with van der Waals surface area (Å²) in [6.07, 6.45) is 0. The molecule has 1 aliphatic heterocycles. The van der Waals surface area contributed by atoms with Crippen molar-refractivity contribution in [1.29, 1.82) is 0 Å². The van der Waals surface area contributed by atoms with Crippen molar-refractivity contribution in [2.24, 2.45) is 0 Å². The fraction of sp³-hybridized carbons (Fsp3) is 0.179. The number of allylic oxidation sites excluding steroid dienone is 1. The van der Waals surface area contributed by atoms with E-state index >= 15 is 0 Å². The van der Waals surface area contributed by atoms with Gasteiger partial charge in [0.2, 0.25) is 5.82 Å². The molecule has 1 unspecified atom stereocenters. The molecule has 3 aromatic carbocycles. The normalized spacial score (nSPS) is 15.9. The maximum Gasteiger partial charge on any atom is 0.322 e. The fourth-order valence-corrected chi connectivity index (χ4v) is 4.18. The van der Waals surface area contributed by atoms with Crippen LogP contribution in [0.25, 0.3) is 17.0 Å². The van der Waals surface area contributed by atoms with Gasteiger partial charge in [0.15, 0.2) is 0 Å². The van der Waals surface area contributed by atoms with Gasteiger partial charge in [0.25, 0.3) is 5.89 Å². The molecule has 0 aliphatic carbocycles. The van der Waals surface area contributed by atoms with Crippen molar-refractivity contribution in [3.05, 3.63) is 112 Å². The molecule has 1 aliphatic rings. The Bertz CT molecular complexity index is 1390. The lowest BCUT2D eigenvalue weighted by Gasteiger charge is -2.35. The summed E-state index contributed by atoms with van der Waals surface area (Å²) in [6.45, 7) is 6.18. The largest absolute Gasteiger partial charge is 0.334 e. The van der Waals surface area contributed by atoms with E-state index in [0.29, 0.717) is 17.4 Å². The molecule has 2 amide bonds. The first-order valence-electron chi connectivity index (χ1n) is 11.4. The molecular weight excluding hydrogens is 443 g/mol. The number of carbonyl (C=O) groups is 1. The fourth-order valence-electron chi connectivity index (χ4n) is 4.18. The molecule has 0 radical (unpaired) electrons. The van der Waals surface area contributed by atoms with Crippen molar-refractivity contribution in [3.63, 3.8) is 0 Å². The number of rotatable bonds is 5.